The van der Waals surface area contributed by atoms with Crippen LogP contribution in [0.25, 0.3) is 0 Å². The number of esters is 1. The van der Waals surface area contributed by atoms with E-state index >= 15 is 0 Å². The number of hydrogen-bond donors (Lipinski definition) is 3. The van der Waals surface area contributed by atoms with Gasteiger partial charge in [-0.1, -0.05) is 236 Å². The van der Waals surface area contributed by atoms with Crippen molar-refractivity contribution >= 4 is 11.9 Å². The number of allylic oxidation sites excluding steroid dienone is 8. The first kappa shape index (κ1) is 59.8. The molecule has 0 radical (unpaired) electrons. The van der Waals surface area contributed by atoms with E-state index in [0.717, 1.165) is 70.6 Å². The van der Waals surface area contributed by atoms with Gasteiger partial charge < -0.3 is 20.3 Å². The summed E-state index contributed by atoms with van der Waals surface area (Å²) in [6.07, 6.45) is 60.4. The summed E-state index contributed by atoms with van der Waals surface area (Å²) >= 11 is 0. The van der Waals surface area contributed by atoms with Crippen LogP contribution in [0, 0.1) is 0 Å². The molecule has 6 heteroatoms. The third kappa shape index (κ3) is 44.4. The predicted octanol–water partition coefficient (Wildman–Crippen LogP) is 16.2. The number of rotatable bonds is 48. The average Bonchev–Trinajstić information content (AvgIpc) is 3.26. The second kappa shape index (κ2) is 49.8. The first-order valence-electron chi connectivity index (χ1n) is 26.9. The topological polar surface area (TPSA) is 95.9 Å². The zero-order chi connectivity index (χ0) is 45.2. The molecular formula is C56H103NO5. The Labute approximate surface area is 385 Å². The Balaban J connectivity index is 4.58. The summed E-state index contributed by atoms with van der Waals surface area (Å²) in [5.74, 6) is -0.569. The average molecular weight is 870 g/mol. The van der Waals surface area contributed by atoms with Gasteiger partial charge in [0.05, 0.1) is 25.2 Å². The maximum Gasteiger partial charge on any atom is 0.306 e. The molecule has 3 unspecified atom stereocenters. The van der Waals surface area contributed by atoms with Crippen molar-refractivity contribution in [1.29, 1.82) is 0 Å². The van der Waals surface area contributed by atoms with Gasteiger partial charge in [-0.05, 0) is 70.6 Å². The molecule has 0 fully saturated rings. The van der Waals surface area contributed by atoms with Crippen LogP contribution in [0.15, 0.2) is 48.6 Å². The molecule has 0 aliphatic rings. The fraction of sp³-hybridized carbons (Fsp3) is 0.821. The molecule has 0 rings (SSSR count). The van der Waals surface area contributed by atoms with Crippen molar-refractivity contribution in [3.63, 3.8) is 0 Å². The fourth-order valence-corrected chi connectivity index (χ4v) is 8.06. The van der Waals surface area contributed by atoms with Crippen LogP contribution in [0.1, 0.15) is 271 Å². The van der Waals surface area contributed by atoms with Crippen LogP contribution >= 0.6 is 0 Å². The van der Waals surface area contributed by atoms with E-state index in [9.17, 15) is 19.8 Å². The third-order valence-electron chi connectivity index (χ3n) is 12.2. The van der Waals surface area contributed by atoms with Gasteiger partial charge in [0.1, 0.15) is 6.10 Å². The first-order valence-corrected chi connectivity index (χ1v) is 26.9. The van der Waals surface area contributed by atoms with Crippen molar-refractivity contribution in [3.8, 4) is 0 Å². The van der Waals surface area contributed by atoms with E-state index in [1.807, 2.05) is 6.08 Å². The Morgan fingerprint density at radius 3 is 1.35 bits per heavy atom. The molecule has 0 aliphatic heterocycles. The summed E-state index contributed by atoms with van der Waals surface area (Å²) in [5.41, 5.74) is 0. The molecule has 0 aromatic carbocycles. The molecule has 0 saturated heterocycles. The highest BCUT2D eigenvalue weighted by atomic mass is 16.5. The quantitative estimate of drug-likeness (QED) is 0.0245. The van der Waals surface area contributed by atoms with Gasteiger partial charge in [0.2, 0.25) is 5.91 Å². The van der Waals surface area contributed by atoms with Gasteiger partial charge in [0.25, 0.3) is 0 Å². The summed E-state index contributed by atoms with van der Waals surface area (Å²) in [4.78, 5) is 26.1. The van der Waals surface area contributed by atoms with Crippen LogP contribution < -0.4 is 5.32 Å². The minimum atomic E-state index is -0.802. The number of hydrogen-bond acceptors (Lipinski definition) is 5. The molecule has 0 aliphatic carbocycles. The molecule has 3 N–H and O–H groups in total. The van der Waals surface area contributed by atoms with Gasteiger partial charge in [0, 0.05) is 6.42 Å². The molecule has 0 spiro atoms. The van der Waals surface area contributed by atoms with E-state index in [0.29, 0.717) is 19.3 Å². The lowest BCUT2D eigenvalue weighted by Crippen LogP contribution is -2.46. The number of aliphatic hydroxyl groups excluding tert-OH is 2. The largest absolute Gasteiger partial charge is 0.462 e. The van der Waals surface area contributed by atoms with Gasteiger partial charge >= 0.3 is 5.97 Å². The summed E-state index contributed by atoms with van der Waals surface area (Å²) < 4.78 is 5.89. The molecular weight excluding hydrogens is 767 g/mol. The number of nitrogens with one attached hydrogen (secondary N) is 1. The minimum absolute atomic E-state index is 0.0423. The van der Waals surface area contributed by atoms with Crippen molar-refractivity contribution in [2.75, 3.05) is 6.61 Å². The highest BCUT2D eigenvalue weighted by molar-refractivity contribution is 5.77. The van der Waals surface area contributed by atoms with E-state index in [2.05, 4.69) is 68.6 Å². The lowest BCUT2D eigenvalue weighted by atomic mass is 10.0. The zero-order valence-corrected chi connectivity index (χ0v) is 41.3. The Hall–Kier alpha value is -2.18. The Bertz CT molecular complexity index is 1070. The van der Waals surface area contributed by atoms with Gasteiger partial charge in [-0.2, -0.15) is 0 Å². The predicted molar refractivity (Wildman–Crippen MR) is 269 cm³/mol. The van der Waals surface area contributed by atoms with Crippen molar-refractivity contribution in [1.82, 2.24) is 5.32 Å². The summed E-state index contributed by atoms with van der Waals surface area (Å²) in [7, 11) is 0. The van der Waals surface area contributed by atoms with Crippen LogP contribution in [0.5, 0.6) is 0 Å². The van der Waals surface area contributed by atoms with Crippen molar-refractivity contribution < 1.29 is 24.5 Å². The van der Waals surface area contributed by atoms with Gasteiger partial charge in [-0.25, -0.2) is 0 Å². The number of carbonyl (C=O) groups excluding carboxylic acids is 2. The smallest absolute Gasteiger partial charge is 0.306 e. The molecule has 0 aromatic heterocycles. The van der Waals surface area contributed by atoms with Crippen LogP contribution in [-0.2, 0) is 14.3 Å². The SMILES string of the molecule is CCCCC/C=C/C=C/CCCCCCC(CC(=O)NC(CO)C(O)CCCCCCCCCCCCCCCCCCC)OC(=O)CC/C=C/C/C=C\CCCCCCCC. The van der Waals surface area contributed by atoms with Crippen LogP contribution in [-0.4, -0.2) is 46.9 Å². The van der Waals surface area contributed by atoms with E-state index in [4.69, 9.17) is 4.74 Å². The van der Waals surface area contributed by atoms with Crippen LogP contribution in [0.3, 0.4) is 0 Å². The number of carbonyl (C=O) groups is 2. The highest BCUT2D eigenvalue weighted by Crippen LogP contribution is 2.17. The second-order valence-electron chi connectivity index (χ2n) is 18.3. The Kier molecular flexibility index (Phi) is 48.1. The Morgan fingerprint density at radius 1 is 0.484 bits per heavy atom. The molecule has 3 atom stereocenters. The first-order chi connectivity index (χ1) is 30.5. The van der Waals surface area contributed by atoms with Crippen LogP contribution in [0.2, 0.25) is 0 Å². The normalized spacial score (nSPS) is 13.6. The van der Waals surface area contributed by atoms with Crippen molar-refractivity contribution in [3.05, 3.63) is 48.6 Å². The van der Waals surface area contributed by atoms with E-state index in [1.54, 1.807) is 0 Å². The van der Waals surface area contributed by atoms with Crippen LogP contribution in [0.4, 0.5) is 0 Å². The summed E-state index contributed by atoms with van der Waals surface area (Å²) in [6.45, 7) is 6.44. The van der Waals surface area contributed by atoms with E-state index in [1.165, 1.54) is 148 Å². The molecule has 6 nitrogen and oxygen atoms in total. The number of aliphatic hydroxyl groups is 2. The van der Waals surface area contributed by atoms with Gasteiger partial charge in [-0.15, -0.1) is 0 Å². The number of amides is 1. The minimum Gasteiger partial charge on any atom is -0.462 e. The van der Waals surface area contributed by atoms with Gasteiger partial charge in [-0.3, -0.25) is 9.59 Å². The monoisotopic (exact) mass is 870 g/mol. The lowest BCUT2D eigenvalue weighted by molar-refractivity contribution is -0.150. The van der Waals surface area contributed by atoms with Gasteiger partial charge in [0.15, 0.2) is 0 Å². The molecule has 0 saturated carbocycles. The fourth-order valence-electron chi connectivity index (χ4n) is 8.06. The standard InChI is InChI=1S/C56H103NO5/c1-4-7-10-13-16-19-22-25-26-27-28-31-33-36-39-42-45-48-54(59)53(51-58)57-55(60)50-52(47-44-41-38-35-32-29-23-20-17-14-11-8-5-2)62-56(61)49-46-43-40-37-34-30-24-21-18-15-12-9-6-3/h17,20,23,29-30,34,40,43,52-54,58-59H,4-16,18-19,21-22,24-28,31-33,35-39,41-42,44-51H2,1-3H3,(H,57,60)/b20-17+,29-23+,34-30-,43-40+. The maximum atomic E-state index is 13.2. The maximum absolute atomic E-state index is 13.2. The molecule has 362 valence electrons. The summed E-state index contributed by atoms with van der Waals surface area (Å²) in [6, 6.07) is -0.718. The molecule has 1 amide bonds. The molecule has 0 bridgehead atoms. The van der Waals surface area contributed by atoms with E-state index < -0.39 is 18.2 Å². The number of unbranched alkanes of at least 4 members (excludes halogenated alkanes) is 29. The summed E-state index contributed by atoms with van der Waals surface area (Å²) in [5, 5.41) is 23.8. The third-order valence-corrected chi connectivity index (χ3v) is 12.2. The van der Waals surface area contributed by atoms with Crippen molar-refractivity contribution in [2.45, 2.75) is 289 Å². The molecule has 62 heavy (non-hydrogen) atoms. The number of ether oxygens (including phenoxy) is 1. The highest BCUT2D eigenvalue weighted by Gasteiger charge is 2.24. The molecule has 0 heterocycles. The lowest BCUT2D eigenvalue weighted by Gasteiger charge is -2.24. The second-order valence-corrected chi connectivity index (χ2v) is 18.3. The zero-order valence-electron chi connectivity index (χ0n) is 41.3. The van der Waals surface area contributed by atoms with Crippen molar-refractivity contribution in [2.24, 2.45) is 0 Å². The Morgan fingerprint density at radius 2 is 0.871 bits per heavy atom. The van der Waals surface area contributed by atoms with E-state index in [-0.39, 0.29) is 31.3 Å². The molecule has 0 aromatic rings.